The summed E-state index contributed by atoms with van der Waals surface area (Å²) >= 11 is 0. The largest absolute Gasteiger partial charge is 0.494 e. The molecule has 0 fully saturated rings. The lowest BCUT2D eigenvalue weighted by Crippen LogP contribution is -2.34. The highest BCUT2D eigenvalue weighted by Crippen LogP contribution is 2.27. The molecule has 0 aliphatic rings. The molecule has 1 rings (SSSR count). The molecule has 1 aromatic carbocycles. The van der Waals surface area contributed by atoms with Gasteiger partial charge in [-0.15, -0.1) is 0 Å². The van der Waals surface area contributed by atoms with E-state index in [1.807, 2.05) is 19.9 Å². The Balaban J connectivity index is 2.74. The lowest BCUT2D eigenvalue weighted by Gasteiger charge is -2.22. The third kappa shape index (κ3) is 4.51. The maximum atomic E-state index is 10.0. The molecule has 0 saturated heterocycles. The van der Waals surface area contributed by atoms with Gasteiger partial charge in [0.05, 0.1) is 12.7 Å². The molecular formula is C16H27NO2. The minimum Gasteiger partial charge on any atom is -0.494 e. The fraction of sp³-hybridized carbons (Fsp3) is 0.625. The molecule has 3 atom stereocenters. The van der Waals surface area contributed by atoms with Gasteiger partial charge in [-0.3, -0.25) is 0 Å². The number of ether oxygens (including phenoxy) is 1. The number of hydrogen-bond donors (Lipinski definition) is 2. The lowest BCUT2D eigenvalue weighted by atomic mass is 9.89. The summed E-state index contributed by atoms with van der Waals surface area (Å²) in [5.41, 5.74) is 8.33. The highest BCUT2D eigenvalue weighted by molar-refractivity contribution is 5.36. The van der Waals surface area contributed by atoms with E-state index in [4.69, 9.17) is 10.5 Å². The van der Waals surface area contributed by atoms with Gasteiger partial charge in [-0.2, -0.15) is 0 Å². The van der Waals surface area contributed by atoms with Crippen molar-refractivity contribution in [2.45, 2.75) is 58.6 Å². The highest BCUT2D eigenvalue weighted by Gasteiger charge is 2.18. The van der Waals surface area contributed by atoms with Crippen molar-refractivity contribution in [2.75, 3.05) is 6.61 Å². The van der Waals surface area contributed by atoms with Crippen LogP contribution in [0.5, 0.6) is 5.75 Å². The minimum absolute atomic E-state index is 0.134. The van der Waals surface area contributed by atoms with E-state index in [0.29, 0.717) is 18.9 Å². The summed E-state index contributed by atoms with van der Waals surface area (Å²) in [7, 11) is 0. The first kappa shape index (κ1) is 16.0. The van der Waals surface area contributed by atoms with Crippen LogP contribution < -0.4 is 10.5 Å². The smallest absolute Gasteiger partial charge is 0.119 e. The normalized spacial score (nSPS) is 15.9. The van der Waals surface area contributed by atoms with Crippen LogP contribution in [0.1, 0.15) is 50.7 Å². The molecule has 1 aromatic rings. The number of hydrogen-bond acceptors (Lipinski definition) is 3. The second-order valence-electron chi connectivity index (χ2n) is 5.23. The number of aliphatic hydroxyl groups is 1. The number of benzene rings is 1. The second-order valence-corrected chi connectivity index (χ2v) is 5.23. The summed E-state index contributed by atoms with van der Waals surface area (Å²) in [5, 5.41) is 10.0. The maximum absolute atomic E-state index is 10.0. The van der Waals surface area contributed by atoms with Crippen LogP contribution in [0.4, 0.5) is 0 Å². The monoisotopic (exact) mass is 265 g/mol. The van der Waals surface area contributed by atoms with Gasteiger partial charge in [0, 0.05) is 6.04 Å². The fourth-order valence-corrected chi connectivity index (χ4v) is 2.39. The fourth-order valence-electron chi connectivity index (χ4n) is 2.39. The van der Waals surface area contributed by atoms with Crippen LogP contribution in [-0.4, -0.2) is 23.9 Å². The van der Waals surface area contributed by atoms with Crippen molar-refractivity contribution in [3.8, 4) is 5.75 Å². The van der Waals surface area contributed by atoms with Gasteiger partial charge in [0.25, 0.3) is 0 Å². The van der Waals surface area contributed by atoms with Crippen molar-refractivity contribution in [1.29, 1.82) is 0 Å². The average Bonchev–Trinajstić information content (AvgIpc) is 2.38. The van der Waals surface area contributed by atoms with Crippen molar-refractivity contribution < 1.29 is 9.84 Å². The molecule has 3 N–H and O–H groups in total. The second kappa shape index (κ2) is 7.51. The van der Waals surface area contributed by atoms with Crippen LogP contribution in [0.25, 0.3) is 0 Å². The third-order valence-electron chi connectivity index (χ3n) is 3.64. The lowest BCUT2D eigenvalue weighted by molar-refractivity contribution is 0.126. The quantitative estimate of drug-likeness (QED) is 0.797. The van der Waals surface area contributed by atoms with Crippen LogP contribution in [0, 0.1) is 6.92 Å². The van der Waals surface area contributed by atoms with Crippen molar-refractivity contribution in [1.82, 2.24) is 0 Å². The van der Waals surface area contributed by atoms with E-state index in [1.54, 1.807) is 0 Å². The van der Waals surface area contributed by atoms with E-state index in [1.165, 1.54) is 11.1 Å². The zero-order valence-electron chi connectivity index (χ0n) is 12.5. The summed E-state index contributed by atoms with van der Waals surface area (Å²) in [6, 6.07) is 6.01. The molecule has 3 nitrogen and oxygen atoms in total. The van der Waals surface area contributed by atoms with Gasteiger partial charge < -0.3 is 15.6 Å². The minimum atomic E-state index is -0.439. The predicted molar refractivity (Wildman–Crippen MR) is 79.7 cm³/mol. The zero-order valence-corrected chi connectivity index (χ0v) is 12.5. The van der Waals surface area contributed by atoms with Crippen LogP contribution >= 0.6 is 0 Å². The third-order valence-corrected chi connectivity index (χ3v) is 3.64. The van der Waals surface area contributed by atoms with Crippen molar-refractivity contribution in [2.24, 2.45) is 5.73 Å². The Kier molecular flexibility index (Phi) is 6.32. The summed E-state index contributed by atoms with van der Waals surface area (Å²) in [5.74, 6) is 1.20. The van der Waals surface area contributed by atoms with Gasteiger partial charge in [-0.1, -0.05) is 19.9 Å². The molecule has 0 amide bonds. The highest BCUT2D eigenvalue weighted by atomic mass is 16.5. The Morgan fingerprint density at radius 2 is 2.00 bits per heavy atom. The van der Waals surface area contributed by atoms with E-state index in [9.17, 15) is 5.11 Å². The van der Waals surface area contributed by atoms with Gasteiger partial charge in [-0.25, -0.2) is 0 Å². The Morgan fingerprint density at radius 3 is 2.53 bits per heavy atom. The van der Waals surface area contributed by atoms with E-state index < -0.39 is 6.10 Å². The van der Waals surface area contributed by atoms with Crippen LogP contribution in [0.3, 0.4) is 0 Å². The molecule has 0 heterocycles. The summed E-state index contributed by atoms with van der Waals surface area (Å²) in [4.78, 5) is 0. The van der Waals surface area contributed by atoms with Crippen molar-refractivity contribution >= 4 is 0 Å². The molecule has 19 heavy (non-hydrogen) atoms. The number of aliphatic hydroxyl groups excluding tert-OH is 1. The molecule has 108 valence electrons. The SMILES string of the molecule is CCOc1ccc(C(C)CC(O)C(N)CC)c(C)c1. The molecular weight excluding hydrogens is 238 g/mol. The van der Waals surface area contributed by atoms with Gasteiger partial charge in [0.15, 0.2) is 0 Å². The van der Waals surface area contributed by atoms with Crippen molar-refractivity contribution in [3.63, 3.8) is 0 Å². The van der Waals surface area contributed by atoms with Crippen LogP contribution in [0.2, 0.25) is 0 Å². The van der Waals surface area contributed by atoms with Gasteiger partial charge >= 0.3 is 0 Å². The Labute approximate surface area is 116 Å². The topological polar surface area (TPSA) is 55.5 Å². The molecule has 3 unspecified atom stereocenters. The standard InChI is InChI=1S/C16H27NO2/c1-5-15(17)16(18)10-12(4)14-8-7-13(19-6-2)9-11(14)3/h7-9,12,15-16,18H,5-6,10,17H2,1-4H3. The molecule has 0 aromatic heterocycles. The number of nitrogens with two attached hydrogens (primary N) is 1. The Hall–Kier alpha value is -1.06. The molecule has 0 spiro atoms. The first-order chi connectivity index (χ1) is 8.99. The zero-order chi connectivity index (χ0) is 14.4. The summed E-state index contributed by atoms with van der Waals surface area (Å²) in [6.07, 6.45) is 1.06. The predicted octanol–water partition coefficient (Wildman–Crippen LogP) is 2.99. The van der Waals surface area contributed by atoms with E-state index >= 15 is 0 Å². The molecule has 3 heteroatoms. The first-order valence-electron chi connectivity index (χ1n) is 7.16. The van der Waals surface area contributed by atoms with Gasteiger partial charge in [0.1, 0.15) is 5.75 Å². The maximum Gasteiger partial charge on any atom is 0.119 e. The average molecular weight is 265 g/mol. The molecule has 0 radical (unpaired) electrons. The first-order valence-corrected chi connectivity index (χ1v) is 7.16. The van der Waals surface area contributed by atoms with Crippen molar-refractivity contribution in [3.05, 3.63) is 29.3 Å². The van der Waals surface area contributed by atoms with E-state index in [0.717, 1.165) is 12.2 Å². The molecule has 0 aliphatic heterocycles. The molecule has 0 aliphatic carbocycles. The van der Waals surface area contributed by atoms with E-state index in [-0.39, 0.29) is 6.04 Å². The molecule has 0 saturated carbocycles. The van der Waals surface area contributed by atoms with Gasteiger partial charge in [-0.05, 0) is 55.9 Å². The Bertz CT molecular complexity index is 392. The molecule has 0 bridgehead atoms. The van der Waals surface area contributed by atoms with Crippen LogP contribution in [-0.2, 0) is 0 Å². The number of aryl methyl sites for hydroxylation is 1. The summed E-state index contributed by atoms with van der Waals surface area (Å²) in [6.45, 7) is 8.88. The summed E-state index contributed by atoms with van der Waals surface area (Å²) < 4.78 is 5.49. The number of rotatable bonds is 7. The van der Waals surface area contributed by atoms with Gasteiger partial charge in [0.2, 0.25) is 0 Å². The van der Waals surface area contributed by atoms with Crippen LogP contribution in [0.15, 0.2) is 18.2 Å². The van der Waals surface area contributed by atoms with E-state index in [2.05, 4.69) is 26.0 Å². The Morgan fingerprint density at radius 1 is 1.32 bits per heavy atom.